The maximum Gasteiger partial charge on any atom is 0.338 e. The number of esters is 1. The maximum atomic E-state index is 12.9. The molecule has 0 saturated heterocycles. The summed E-state index contributed by atoms with van der Waals surface area (Å²) in [6, 6.07) is 6.25. The molecule has 32 heavy (non-hydrogen) atoms. The van der Waals surface area contributed by atoms with Crippen LogP contribution in [0.2, 0.25) is 0 Å². The smallest absolute Gasteiger partial charge is 0.338 e. The van der Waals surface area contributed by atoms with E-state index < -0.39 is 12.1 Å². The number of hydrogen-bond acceptors (Lipinski definition) is 5. The quantitative estimate of drug-likeness (QED) is 0.670. The highest BCUT2D eigenvalue weighted by molar-refractivity contribution is 6.01. The van der Waals surface area contributed by atoms with E-state index in [1.165, 1.54) is 12.1 Å². The van der Waals surface area contributed by atoms with Gasteiger partial charge in [0.2, 0.25) is 0 Å². The Labute approximate surface area is 189 Å². The number of phenols is 1. The van der Waals surface area contributed by atoms with Crippen molar-refractivity contribution in [3.05, 3.63) is 53.6 Å². The standard InChI is InChI=1S/C27H32O5/c1-15-11-21-20-8-7-17-13-19(29)9-10-26(17,2)23(20)22(30)14-27(21,3)24(15)32-25(31)16-5-4-6-18(28)12-16/h4-6,9-10,12-13,15,20-24,28,30H,7-8,11,14H2,1-3H3. The fraction of sp³-hybridized carbons (Fsp3) is 0.556. The molecule has 1 aromatic carbocycles. The van der Waals surface area contributed by atoms with E-state index in [0.717, 1.165) is 24.8 Å². The van der Waals surface area contributed by atoms with Gasteiger partial charge in [-0.05, 0) is 73.8 Å². The number of phenolic OH excluding ortho intramolecular Hbond substituents is 1. The van der Waals surface area contributed by atoms with Crippen LogP contribution in [-0.2, 0) is 9.53 Å². The summed E-state index contributed by atoms with van der Waals surface area (Å²) in [5, 5.41) is 21.2. The van der Waals surface area contributed by atoms with Gasteiger partial charge in [-0.25, -0.2) is 4.79 Å². The zero-order chi connectivity index (χ0) is 22.8. The predicted octanol–water partition coefficient (Wildman–Crippen LogP) is 4.44. The Morgan fingerprint density at radius 2 is 2.03 bits per heavy atom. The van der Waals surface area contributed by atoms with E-state index in [4.69, 9.17) is 4.74 Å². The molecule has 0 aromatic heterocycles. The van der Waals surface area contributed by atoms with E-state index in [-0.39, 0.29) is 40.3 Å². The van der Waals surface area contributed by atoms with Gasteiger partial charge in [-0.1, -0.05) is 38.5 Å². The zero-order valence-corrected chi connectivity index (χ0v) is 19.0. The largest absolute Gasteiger partial charge is 0.508 e. The number of ketones is 1. The summed E-state index contributed by atoms with van der Waals surface area (Å²) < 4.78 is 6.08. The first-order valence-corrected chi connectivity index (χ1v) is 11.8. The summed E-state index contributed by atoms with van der Waals surface area (Å²) in [6.07, 6.45) is 7.99. The second-order valence-electron chi connectivity index (χ2n) is 10.9. The first-order valence-electron chi connectivity index (χ1n) is 11.8. The monoisotopic (exact) mass is 436 g/mol. The Hall–Kier alpha value is -2.40. The third kappa shape index (κ3) is 3.08. The minimum absolute atomic E-state index is 0.0391. The minimum Gasteiger partial charge on any atom is -0.508 e. The van der Waals surface area contributed by atoms with Crippen molar-refractivity contribution in [3.63, 3.8) is 0 Å². The van der Waals surface area contributed by atoms with Gasteiger partial charge >= 0.3 is 5.97 Å². The van der Waals surface area contributed by atoms with Crippen molar-refractivity contribution in [2.75, 3.05) is 0 Å². The second kappa shape index (κ2) is 7.31. The summed E-state index contributed by atoms with van der Waals surface area (Å²) in [5.41, 5.74) is 0.886. The average Bonchev–Trinajstić information content (AvgIpc) is 2.98. The molecule has 4 aliphatic rings. The lowest BCUT2D eigenvalue weighted by Gasteiger charge is -2.58. The van der Waals surface area contributed by atoms with Crippen molar-refractivity contribution in [1.82, 2.24) is 0 Å². The number of hydrogen-bond donors (Lipinski definition) is 2. The predicted molar refractivity (Wildman–Crippen MR) is 120 cm³/mol. The number of fused-ring (bicyclic) bond motifs is 5. The molecule has 1 aromatic rings. The molecule has 2 N–H and O–H groups in total. The average molecular weight is 437 g/mol. The normalized spacial score (nSPS) is 42.5. The highest BCUT2D eigenvalue weighted by Crippen LogP contribution is 2.65. The van der Waals surface area contributed by atoms with Crippen LogP contribution in [0.4, 0.5) is 0 Å². The lowest BCUT2D eigenvalue weighted by atomic mass is 9.47. The highest BCUT2D eigenvalue weighted by Gasteiger charge is 2.64. The lowest BCUT2D eigenvalue weighted by molar-refractivity contribution is -0.133. The van der Waals surface area contributed by atoms with Gasteiger partial charge in [0.05, 0.1) is 11.7 Å². The van der Waals surface area contributed by atoms with Crippen LogP contribution in [0.1, 0.15) is 56.8 Å². The molecule has 0 aliphatic heterocycles. The van der Waals surface area contributed by atoms with Gasteiger partial charge in [0, 0.05) is 16.7 Å². The van der Waals surface area contributed by atoms with E-state index in [1.54, 1.807) is 24.3 Å². The molecule has 4 aliphatic carbocycles. The van der Waals surface area contributed by atoms with Crippen LogP contribution in [0.3, 0.4) is 0 Å². The molecule has 0 heterocycles. The molecule has 170 valence electrons. The van der Waals surface area contributed by atoms with Crippen LogP contribution in [0.5, 0.6) is 5.75 Å². The van der Waals surface area contributed by atoms with Crippen molar-refractivity contribution in [1.29, 1.82) is 0 Å². The molecule has 3 fully saturated rings. The van der Waals surface area contributed by atoms with Crippen molar-refractivity contribution in [2.24, 2.45) is 34.5 Å². The van der Waals surface area contributed by atoms with Crippen LogP contribution < -0.4 is 0 Å². The molecule has 5 nitrogen and oxygen atoms in total. The number of ether oxygens (including phenoxy) is 1. The van der Waals surface area contributed by atoms with Gasteiger partial charge in [-0.2, -0.15) is 0 Å². The summed E-state index contributed by atoms with van der Waals surface area (Å²) in [5.74, 6) is 0.568. The molecule has 0 radical (unpaired) electrons. The number of benzene rings is 1. The lowest BCUT2D eigenvalue weighted by Crippen LogP contribution is -2.57. The number of allylic oxidation sites excluding steroid dienone is 4. The molecule has 3 saturated carbocycles. The van der Waals surface area contributed by atoms with E-state index in [2.05, 4.69) is 20.8 Å². The molecular formula is C27H32O5. The molecule has 8 unspecified atom stereocenters. The molecule has 5 rings (SSSR count). The Morgan fingerprint density at radius 1 is 1.25 bits per heavy atom. The minimum atomic E-state index is -0.528. The molecule has 0 spiro atoms. The zero-order valence-electron chi connectivity index (χ0n) is 19.0. The van der Waals surface area contributed by atoms with Gasteiger partial charge in [0.15, 0.2) is 5.78 Å². The van der Waals surface area contributed by atoms with Gasteiger partial charge in [0.1, 0.15) is 11.9 Å². The summed E-state index contributed by atoms with van der Waals surface area (Å²) in [4.78, 5) is 24.9. The summed E-state index contributed by atoms with van der Waals surface area (Å²) >= 11 is 0. The Bertz CT molecular complexity index is 1020. The Morgan fingerprint density at radius 3 is 2.78 bits per heavy atom. The fourth-order valence-corrected chi connectivity index (χ4v) is 7.72. The van der Waals surface area contributed by atoms with Crippen molar-refractivity contribution >= 4 is 11.8 Å². The second-order valence-corrected chi connectivity index (χ2v) is 10.9. The Kier molecular flexibility index (Phi) is 4.90. The molecule has 0 amide bonds. The number of aromatic hydroxyl groups is 1. The van der Waals surface area contributed by atoms with Gasteiger partial charge in [-0.3, -0.25) is 4.79 Å². The number of carbonyl (C=O) groups excluding carboxylic acids is 2. The molecule has 8 atom stereocenters. The third-order valence-electron chi connectivity index (χ3n) is 9.04. The van der Waals surface area contributed by atoms with Gasteiger partial charge < -0.3 is 14.9 Å². The maximum absolute atomic E-state index is 12.9. The number of carbonyl (C=O) groups is 2. The van der Waals surface area contributed by atoms with Crippen LogP contribution in [-0.4, -0.2) is 34.2 Å². The third-order valence-corrected chi connectivity index (χ3v) is 9.04. The first kappa shape index (κ1) is 21.4. The van der Waals surface area contributed by atoms with E-state index in [0.29, 0.717) is 23.8 Å². The van der Waals surface area contributed by atoms with Crippen molar-refractivity contribution in [2.45, 2.75) is 58.7 Å². The first-order chi connectivity index (χ1) is 15.1. The van der Waals surface area contributed by atoms with Crippen molar-refractivity contribution in [3.8, 4) is 5.75 Å². The SMILES string of the molecule is CC1CC2C3CCC4=CC(=O)C=CC4(C)C3C(O)CC2(C)C1OC(=O)c1cccc(O)c1. The molecule has 5 heteroatoms. The van der Waals surface area contributed by atoms with Crippen LogP contribution >= 0.6 is 0 Å². The van der Waals surface area contributed by atoms with E-state index in [9.17, 15) is 19.8 Å². The summed E-state index contributed by atoms with van der Waals surface area (Å²) in [7, 11) is 0. The number of aliphatic hydroxyl groups is 1. The number of aliphatic hydroxyl groups excluding tert-OH is 1. The topological polar surface area (TPSA) is 83.8 Å². The van der Waals surface area contributed by atoms with E-state index in [1.807, 2.05) is 6.08 Å². The van der Waals surface area contributed by atoms with E-state index >= 15 is 0 Å². The van der Waals surface area contributed by atoms with Crippen molar-refractivity contribution < 1.29 is 24.5 Å². The van der Waals surface area contributed by atoms with Crippen LogP contribution in [0.25, 0.3) is 0 Å². The fourth-order valence-electron chi connectivity index (χ4n) is 7.72. The summed E-state index contributed by atoms with van der Waals surface area (Å²) in [6.45, 7) is 6.48. The molecule has 0 bridgehead atoms. The van der Waals surface area contributed by atoms with Gasteiger partial charge in [-0.15, -0.1) is 0 Å². The molecular weight excluding hydrogens is 404 g/mol. The van der Waals surface area contributed by atoms with Crippen LogP contribution in [0.15, 0.2) is 48.1 Å². The number of rotatable bonds is 2. The Balaban J connectivity index is 1.44. The highest BCUT2D eigenvalue weighted by atomic mass is 16.5. The van der Waals surface area contributed by atoms with Crippen LogP contribution in [0, 0.1) is 34.5 Å². The van der Waals surface area contributed by atoms with Gasteiger partial charge in [0.25, 0.3) is 0 Å².